The molecular formula is C45H53N4O11S+. The standard InChI is InChI=1S/C45H52N4O11S/c1-44(2)32-16-12-13-17-34(32)46(28-14-6-10-20-42(54)59-48-38(50)24-25-39(48)51)36(44)18-8-5-9-19-37-45(3,4)33-30-31(61(56,57)58)22-23-35(33)47(37)29-15-7-11-21-43(55)60-49-40(52)26-27-41(49)53/h5,8-9,12-13,16-19,22-23,30H,6-7,10-11,14-15,20-21,24-29H2,1-4H3/p+1. The molecule has 0 spiro atoms. The minimum Gasteiger partial charge on any atom is -0.344 e. The Kier molecular flexibility index (Phi) is 13.6. The van der Waals surface area contributed by atoms with Crippen LogP contribution >= 0.6 is 0 Å². The van der Waals surface area contributed by atoms with E-state index in [-0.39, 0.29) is 48.8 Å². The van der Waals surface area contributed by atoms with E-state index in [0.29, 0.717) is 48.9 Å². The quantitative estimate of drug-likeness (QED) is 0.0569. The van der Waals surface area contributed by atoms with Crippen LogP contribution in [0.1, 0.15) is 116 Å². The zero-order chi connectivity index (χ0) is 44.1. The Bertz CT molecular complexity index is 2330. The molecule has 0 atom stereocenters. The fourth-order valence-corrected chi connectivity index (χ4v) is 8.84. The van der Waals surface area contributed by atoms with E-state index < -0.39 is 51.1 Å². The highest BCUT2D eigenvalue weighted by atomic mass is 32.2. The molecule has 0 saturated carbocycles. The minimum atomic E-state index is -4.44. The van der Waals surface area contributed by atoms with Crippen LogP contribution in [0.5, 0.6) is 0 Å². The number of carbonyl (C=O) groups excluding carboxylic acids is 6. The largest absolute Gasteiger partial charge is 0.344 e. The first-order chi connectivity index (χ1) is 28.9. The van der Waals surface area contributed by atoms with Crippen LogP contribution < -0.4 is 4.90 Å². The van der Waals surface area contributed by atoms with Gasteiger partial charge in [0, 0.05) is 86.0 Å². The Morgan fingerprint density at radius 3 is 1.89 bits per heavy atom. The number of allylic oxidation sites excluding steroid dienone is 6. The molecule has 2 aromatic carbocycles. The van der Waals surface area contributed by atoms with E-state index in [4.69, 9.17) is 9.68 Å². The molecule has 61 heavy (non-hydrogen) atoms. The number of benzene rings is 2. The Balaban J connectivity index is 1.13. The summed E-state index contributed by atoms with van der Waals surface area (Å²) in [7, 11) is -4.44. The van der Waals surface area contributed by atoms with Gasteiger partial charge in [-0.1, -0.05) is 56.7 Å². The number of nitrogens with zero attached hydrogens (tertiary/aromatic N) is 4. The summed E-state index contributed by atoms with van der Waals surface area (Å²) < 4.78 is 36.4. The molecule has 16 heteroatoms. The van der Waals surface area contributed by atoms with Crippen molar-refractivity contribution in [1.29, 1.82) is 0 Å². The van der Waals surface area contributed by atoms with E-state index >= 15 is 0 Å². The van der Waals surface area contributed by atoms with Gasteiger partial charge in [-0.05, 0) is 69.4 Å². The molecule has 6 rings (SSSR count). The second kappa shape index (κ2) is 18.5. The lowest BCUT2D eigenvalue weighted by Crippen LogP contribution is -2.32. The van der Waals surface area contributed by atoms with Crippen molar-refractivity contribution >= 4 is 62.8 Å². The molecule has 0 aromatic heterocycles. The van der Waals surface area contributed by atoms with Crippen LogP contribution in [-0.4, -0.2) is 82.0 Å². The molecule has 0 aliphatic carbocycles. The van der Waals surface area contributed by atoms with Crippen molar-refractivity contribution in [2.45, 2.75) is 120 Å². The number of hydrogen-bond acceptors (Lipinski definition) is 11. The van der Waals surface area contributed by atoms with Gasteiger partial charge in [-0.15, -0.1) is 10.1 Å². The Labute approximate surface area is 356 Å². The van der Waals surface area contributed by atoms with Gasteiger partial charge in [0.1, 0.15) is 6.54 Å². The fraction of sp³-hybridized carbons (Fsp3) is 0.444. The second-order valence-corrected chi connectivity index (χ2v) is 18.0. The molecule has 1 N–H and O–H groups in total. The molecule has 0 radical (unpaired) electrons. The lowest BCUT2D eigenvalue weighted by molar-refractivity contribution is -0.438. The first kappa shape index (κ1) is 44.8. The lowest BCUT2D eigenvalue weighted by atomic mass is 9.81. The maximum absolute atomic E-state index is 12.3. The van der Waals surface area contributed by atoms with Crippen molar-refractivity contribution in [2.75, 3.05) is 18.0 Å². The first-order valence-corrected chi connectivity index (χ1v) is 22.2. The number of amides is 4. The summed E-state index contributed by atoms with van der Waals surface area (Å²) in [5.41, 5.74) is 4.95. The third-order valence-corrected chi connectivity index (χ3v) is 12.5. The number of carbonyl (C=O) groups is 6. The Morgan fingerprint density at radius 2 is 1.30 bits per heavy atom. The molecule has 2 aromatic rings. The van der Waals surface area contributed by atoms with Gasteiger partial charge in [-0.3, -0.25) is 23.7 Å². The summed E-state index contributed by atoms with van der Waals surface area (Å²) in [6, 6.07) is 12.9. The predicted molar refractivity (Wildman–Crippen MR) is 224 cm³/mol. The number of hydroxylamine groups is 4. The van der Waals surface area contributed by atoms with E-state index in [1.807, 2.05) is 50.3 Å². The highest BCUT2D eigenvalue weighted by Crippen LogP contribution is 2.48. The number of fused-ring (bicyclic) bond motifs is 2. The van der Waals surface area contributed by atoms with Gasteiger partial charge in [0.05, 0.1) is 10.3 Å². The average Bonchev–Trinajstić information content (AvgIpc) is 3.84. The van der Waals surface area contributed by atoms with Crippen molar-refractivity contribution in [3.63, 3.8) is 0 Å². The van der Waals surface area contributed by atoms with Crippen LogP contribution in [0.4, 0.5) is 11.4 Å². The number of rotatable bonds is 18. The predicted octanol–water partition coefficient (Wildman–Crippen LogP) is 6.44. The van der Waals surface area contributed by atoms with Crippen LogP contribution in [0.2, 0.25) is 0 Å². The van der Waals surface area contributed by atoms with E-state index in [1.54, 1.807) is 6.07 Å². The van der Waals surface area contributed by atoms with Gasteiger partial charge < -0.3 is 14.6 Å². The van der Waals surface area contributed by atoms with Crippen LogP contribution in [0.15, 0.2) is 83.4 Å². The van der Waals surface area contributed by atoms with Gasteiger partial charge in [0.15, 0.2) is 5.71 Å². The van der Waals surface area contributed by atoms with E-state index in [2.05, 4.69) is 41.5 Å². The van der Waals surface area contributed by atoms with Gasteiger partial charge in [-0.25, -0.2) is 9.59 Å². The molecule has 15 nitrogen and oxygen atoms in total. The molecule has 324 valence electrons. The maximum Gasteiger partial charge on any atom is 0.333 e. The van der Waals surface area contributed by atoms with Crippen LogP contribution in [0.3, 0.4) is 0 Å². The summed E-state index contributed by atoms with van der Waals surface area (Å²) in [6.45, 7) is 9.62. The van der Waals surface area contributed by atoms with Gasteiger partial charge in [-0.2, -0.15) is 13.0 Å². The van der Waals surface area contributed by atoms with Crippen molar-refractivity contribution < 1.29 is 56.0 Å². The van der Waals surface area contributed by atoms with Gasteiger partial charge in [0.25, 0.3) is 33.7 Å². The maximum atomic E-state index is 12.3. The van der Waals surface area contributed by atoms with Gasteiger partial charge in [0.2, 0.25) is 5.69 Å². The summed E-state index contributed by atoms with van der Waals surface area (Å²) in [5.74, 6) is -3.29. The number of anilines is 1. The number of para-hydroxylation sites is 1. The normalized spacial score (nSPS) is 19.0. The Hall–Kier alpha value is -5.74. The van der Waals surface area contributed by atoms with Crippen molar-refractivity contribution in [3.8, 4) is 0 Å². The minimum absolute atomic E-state index is 0.0279. The molecule has 4 heterocycles. The van der Waals surface area contributed by atoms with Crippen LogP contribution in [0, 0.1) is 0 Å². The van der Waals surface area contributed by atoms with Crippen LogP contribution in [0.25, 0.3) is 0 Å². The van der Waals surface area contributed by atoms with E-state index in [9.17, 15) is 41.7 Å². The average molecular weight is 858 g/mol. The lowest BCUT2D eigenvalue weighted by Gasteiger charge is -2.27. The molecule has 4 amide bonds. The molecule has 4 aliphatic rings. The SMILES string of the molecule is CC1(C)C(/C=C/C=C/C=C2/N(CCCCCC(=O)ON3C(=O)CCC3=O)c3ccc(S(=O)(=O)O)cc3C2(C)C)=[N+](CCCCCC(=O)ON2C(=O)CCC2=O)c2ccccc21. The zero-order valence-electron chi connectivity index (χ0n) is 35.1. The number of unbranched alkanes of at least 4 members (excludes halogenated alkanes) is 4. The second-order valence-electron chi connectivity index (χ2n) is 16.6. The summed E-state index contributed by atoms with van der Waals surface area (Å²) >= 11 is 0. The molecule has 0 bridgehead atoms. The summed E-state index contributed by atoms with van der Waals surface area (Å²) in [4.78, 5) is 83.8. The van der Waals surface area contributed by atoms with E-state index in [1.165, 1.54) is 17.7 Å². The van der Waals surface area contributed by atoms with Gasteiger partial charge >= 0.3 is 11.9 Å². The highest BCUT2D eigenvalue weighted by Gasteiger charge is 2.44. The number of imide groups is 2. The molecule has 2 fully saturated rings. The molecule has 2 saturated heterocycles. The summed E-state index contributed by atoms with van der Waals surface area (Å²) in [6.07, 6.45) is 14.1. The first-order valence-electron chi connectivity index (χ1n) is 20.7. The smallest absolute Gasteiger partial charge is 0.333 e. The van der Waals surface area contributed by atoms with Crippen molar-refractivity contribution in [3.05, 3.63) is 89.7 Å². The topological polar surface area (TPSA) is 188 Å². The third-order valence-electron chi connectivity index (χ3n) is 11.6. The van der Waals surface area contributed by atoms with Crippen molar-refractivity contribution in [2.24, 2.45) is 0 Å². The van der Waals surface area contributed by atoms with Crippen LogP contribution in [-0.2, 0) is 59.4 Å². The van der Waals surface area contributed by atoms with E-state index in [0.717, 1.165) is 41.2 Å². The monoisotopic (exact) mass is 857 g/mol. The highest BCUT2D eigenvalue weighted by molar-refractivity contribution is 7.85. The molecule has 4 aliphatic heterocycles. The molecule has 0 unspecified atom stereocenters. The number of hydrogen-bond donors (Lipinski definition) is 1. The third kappa shape index (κ3) is 9.91. The Morgan fingerprint density at radius 1 is 0.721 bits per heavy atom. The fourth-order valence-electron chi connectivity index (χ4n) is 8.34. The zero-order valence-corrected chi connectivity index (χ0v) is 35.9. The van der Waals surface area contributed by atoms with Crippen molar-refractivity contribution in [1.82, 2.24) is 10.1 Å². The summed E-state index contributed by atoms with van der Waals surface area (Å²) in [5, 5.41) is 1.13. The molecular weight excluding hydrogens is 805 g/mol.